The fourth-order valence-electron chi connectivity index (χ4n) is 1.30. The molecular weight excluding hydrogens is 222 g/mol. The molecule has 17 heavy (non-hydrogen) atoms. The molecule has 0 aliphatic heterocycles. The number of amides is 1. The number of nitrogens with zero attached hydrogens (tertiary/aromatic N) is 3. The summed E-state index contributed by atoms with van der Waals surface area (Å²) >= 11 is 0. The van der Waals surface area contributed by atoms with Gasteiger partial charge in [0, 0.05) is 13.6 Å². The number of nitrogens with two attached hydrogens (primary N) is 1. The summed E-state index contributed by atoms with van der Waals surface area (Å²) < 4.78 is 5.40. The van der Waals surface area contributed by atoms with E-state index in [9.17, 15) is 4.79 Å². The minimum atomic E-state index is -0.306. The zero-order valence-corrected chi connectivity index (χ0v) is 10.4. The van der Waals surface area contributed by atoms with Crippen LogP contribution < -0.4 is 16.0 Å². The molecule has 0 bridgehead atoms. The molecule has 3 N–H and O–H groups in total. The van der Waals surface area contributed by atoms with E-state index in [4.69, 9.17) is 10.2 Å². The second-order valence-corrected chi connectivity index (χ2v) is 3.81. The van der Waals surface area contributed by atoms with Gasteiger partial charge >= 0.3 is 6.01 Å². The Morgan fingerprint density at radius 3 is 2.76 bits per heavy atom. The van der Waals surface area contributed by atoms with Crippen molar-refractivity contribution in [3.63, 3.8) is 0 Å². The number of carbonyl (C=O) groups excluding carboxylic acids is 1. The molecule has 96 valence electrons. The van der Waals surface area contributed by atoms with Crippen LogP contribution in [0.25, 0.3) is 0 Å². The van der Waals surface area contributed by atoms with Gasteiger partial charge in [-0.2, -0.15) is 0 Å². The van der Waals surface area contributed by atoms with E-state index in [2.05, 4.69) is 15.5 Å². The standard InChI is InChI=1S/C10H19N5O2/c1-4-5-15(6-8(16)12-3)10-14-13-9(17-10)7(2)11/h7H,4-6,11H2,1-3H3,(H,12,16). The zero-order valence-electron chi connectivity index (χ0n) is 10.4. The van der Waals surface area contributed by atoms with E-state index < -0.39 is 0 Å². The van der Waals surface area contributed by atoms with E-state index in [1.807, 2.05) is 6.92 Å². The molecule has 0 aromatic carbocycles. The Kier molecular flexibility index (Phi) is 4.89. The minimum absolute atomic E-state index is 0.0982. The highest BCUT2D eigenvalue weighted by Crippen LogP contribution is 2.15. The Labute approximate surface area is 100 Å². The predicted octanol–water partition coefficient (Wildman–Crippen LogP) is 0.0517. The zero-order chi connectivity index (χ0) is 12.8. The monoisotopic (exact) mass is 241 g/mol. The minimum Gasteiger partial charge on any atom is -0.406 e. The Morgan fingerprint density at radius 2 is 2.29 bits per heavy atom. The Bertz CT molecular complexity index is 363. The third kappa shape index (κ3) is 3.70. The third-order valence-electron chi connectivity index (χ3n) is 2.20. The van der Waals surface area contributed by atoms with Crippen LogP contribution in [0.4, 0.5) is 6.01 Å². The van der Waals surface area contributed by atoms with Gasteiger partial charge < -0.3 is 20.4 Å². The molecule has 1 unspecified atom stereocenters. The number of carbonyl (C=O) groups is 1. The van der Waals surface area contributed by atoms with Crippen LogP contribution >= 0.6 is 0 Å². The van der Waals surface area contributed by atoms with Gasteiger partial charge in [0.1, 0.15) is 6.54 Å². The fraction of sp³-hybridized carbons (Fsp3) is 0.700. The lowest BCUT2D eigenvalue weighted by Gasteiger charge is -2.17. The molecule has 0 radical (unpaired) electrons. The van der Waals surface area contributed by atoms with Crippen molar-refractivity contribution in [3.05, 3.63) is 5.89 Å². The molecule has 1 aromatic rings. The average molecular weight is 241 g/mol. The maximum Gasteiger partial charge on any atom is 0.318 e. The lowest BCUT2D eigenvalue weighted by Crippen LogP contribution is -2.36. The third-order valence-corrected chi connectivity index (χ3v) is 2.20. The van der Waals surface area contributed by atoms with Crippen molar-refractivity contribution < 1.29 is 9.21 Å². The highest BCUT2D eigenvalue weighted by atomic mass is 16.4. The van der Waals surface area contributed by atoms with Gasteiger partial charge in [-0.05, 0) is 13.3 Å². The van der Waals surface area contributed by atoms with Crippen LogP contribution in [-0.2, 0) is 4.79 Å². The predicted molar refractivity (Wildman–Crippen MR) is 63.5 cm³/mol. The summed E-state index contributed by atoms with van der Waals surface area (Å²) in [7, 11) is 1.59. The van der Waals surface area contributed by atoms with Crippen LogP contribution in [0.15, 0.2) is 4.42 Å². The van der Waals surface area contributed by atoms with Crippen molar-refractivity contribution in [3.8, 4) is 0 Å². The van der Waals surface area contributed by atoms with Gasteiger partial charge in [-0.1, -0.05) is 12.0 Å². The molecule has 1 rings (SSSR count). The van der Waals surface area contributed by atoms with Gasteiger partial charge in [0.25, 0.3) is 0 Å². The Hall–Kier alpha value is -1.63. The summed E-state index contributed by atoms with van der Waals surface area (Å²) in [5.74, 6) is 0.275. The molecule has 7 heteroatoms. The van der Waals surface area contributed by atoms with Crippen LogP contribution in [-0.4, -0.2) is 36.2 Å². The molecule has 0 saturated heterocycles. The van der Waals surface area contributed by atoms with E-state index in [1.54, 1.807) is 18.9 Å². The number of nitrogens with one attached hydrogen (secondary N) is 1. The average Bonchev–Trinajstić information content (AvgIpc) is 2.77. The molecule has 0 fully saturated rings. The quantitative estimate of drug-likeness (QED) is 0.730. The van der Waals surface area contributed by atoms with E-state index in [-0.39, 0.29) is 18.5 Å². The van der Waals surface area contributed by atoms with Gasteiger partial charge in [-0.15, -0.1) is 5.10 Å². The lowest BCUT2D eigenvalue weighted by molar-refractivity contribution is -0.119. The molecule has 0 aliphatic carbocycles. The first kappa shape index (κ1) is 13.4. The van der Waals surface area contributed by atoms with E-state index >= 15 is 0 Å². The SMILES string of the molecule is CCCN(CC(=O)NC)c1nnc(C(C)N)o1. The summed E-state index contributed by atoms with van der Waals surface area (Å²) in [6.07, 6.45) is 0.882. The maximum atomic E-state index is 11.3. The van der Waals surface area contributed by atoms with E-state index in [0.29, 0.717) is 18.5 Å². The molecule has 1 aromatic heterocycles. The van der Waals surface area contributed by atoms with E-state index in [0.717, 1.165) is 6.42 Å². The molecule has 7 nitrogen and oxygen atoms in total. The van der Waals surface area contributed by atoms with Crippen LogP contribution in [0.1, 0.15) is 32.2 Å². The van der Waals surface area contributed by atoms with Crippen molar-refractivity contribution in [2.24, 2.45) is 5.73 Å². The first-order valence-corrected chi connectivity index (χ1v) is 5.63. The van der Waals surface area contributed by atoms with Crippen molar-refractivity contribution in [1.29, 1.82) is 0 Å². The molecule has 1 atom stereocenters. The molecular formula is C10H19N5O2. The van der Waals surface area contributed by atoms with Gasteiger partial charge in [0.05, 0.1) is 6.04 Å². The second-order valence-electron chi connectivity index (χ2n) is 3.81. The van der Waals surface area contributed by atoms with Gasteiger partial charge in [0.2, 0.25) is 11.8 Å². The summed E-state index contributed by atoms with van der Waals surface area (Å²) in [5.41, 5.74) is 5.63. The van der Waals surface area contributed by atoms with Gasteiger partial charge in [-0.3, -0.25) is 4.79 Å². The van der Waals surface area contributed by atoms with Crippen molar-refractivity contribution in [1.82, 2.24) is 15.5 Å². The highest BCUT2D eigenvalue weighted by molar-refractivity contribution is 5.80. The fourth-order valence-corrected chi connectivity index (χ4v) is 1.30. The molecule has 0 saturated carbocycles. The summed E-state index contributed by atoms with van der Waals surface area (Å²) in [6.45, 7) is 4.65. The normalized spacial score (nSPS) is 12.2. The Morgan fingerprint density at radius 1 is 1.59 bits per heavy atom. The Balaban J connectivity index is 2.77. The smallest absolute Gasteiger partial charge is 0.318 e. The van der Waals surface area contributed by atoms with Crippen molar-refractivity contribution in [2.75, 3.05) is 25.0 Å². The lowest BCUT2D eigenvalue weighted by atomic mass is 10.4. The number of likely N-dealkylation sites (N-methyl/N-ethyl adjacent to an activating group) is 1. The van der Waals surface area contributed by atoms with Crippen LogP contribution in [0, 0.1) is 0 Å². The highest BCUT2D eigenvalue weighted by Gasteiger charge is 2.17. The molecule has 1 heterocycles. The van der Waals surface area contributed by atoms with Crippen molar-refractivity contribution >= 4 is 11.9 Å². The molecule has 0 spiro atoms. The van der Waals surface area contributed by atoms with Crippen molar-refractivity contribution in [2.45, 2.75) is 26.3 Å². The van der Waals surface area contributed by atoms with Gasteiger partial charge in [0.15, 0.2) is 0 Å². The largest absolute Gasteiger partial charge is 0.406 e. The van der Waals surface area contributed by atoms with E-state index in [1.165, 1.54) is 0 Å². The number of aromatic nitrogens is 2. The van der Waals surface area contributed by atoms with Crippen LogP contribution in [0.5, 0.6) is 0 Å². The van der Waals surface area contributed by atoms with Crippen LogP contribution in [0.2, 0.25) is 0 Å². The summed E-state index contributed by atoms with van der Waals surface area (Å²) in [6, 6.07) is 0.0301. The number of rotatable bonds is 6. The molecule has 0 aliphatic rings. The first-order chi connectivity index (χ1) is 8.08. The number of hydrogen-bond donors (Lipinski definition) is 2. The number of anilines is 1. The molecule has 1 amide bonds. The topological polar surface area (TPSA) is 97.3 Å². The summed E-state index contributed by atoms with van der Waals surface area (Å²) in [4.78, 5) is 13.1. The second kappa shape index (κ2) is 6.19. The first-order valence-electron chi connectivity index (χ1n) is 5.63. The van der Waals surface area contributed by atoms with Gasteiger partial charge in [-0.25, -0.2) is 0 Å². The summed E-state index contributed by atoms with van der Waals surface area (Å²) in [5, 5.41) is 10.3. The maximum absolute atomic E-state index is 11.3. The number of hydrogen-bond acceptors (Lipinski definition) is 6. The van der Waals surface area contributed by atoms with Crippen LogP contribution in [0.3, 0.4) is 0 Å².